The Kier molecular flexibility index (Phi) is 4.16. The number of benzene rings is 1. The molecule has 2 rings (SSSR count). The number of nitrogens with one attached hydrogen (secondary N) is 2. The second-order valence-electron chi connectivity index (χ2n) is 4.37. The molecule has 0 fully saturated rings. The Hall–Kier alpha value is -2.80. The summed E-state index contributed by atoms with van der Waals surface area (Å²) in [4.78, 5) is 13.7. The molecule has 1 aromatic heterocycles. The number of halogens is 3. The molecule has 0 aliphatic rings. The van der Waals surface area contributed by atoms with Gasteiger partial charge in [-0.1, -0.05) is 0 Å². The monoisotopic (exact) mass is 343 g/mol. The minimum Gasteiger partial charge on any atom is -0.352 e. The molecule has 0 aliphatic heterocycles. The summed E-state index contributed by atoms with van der Waals surface area (Å²) >= 11 is 0. The first-order valence-electron chi connectivity index (χ1n) is 5.96. The number of alkyl halides is 3. The van der Waals surface area contributed by atoms with Crippen LogP contribution in [0.25, 0.3) is 0 Å². The van der Waals surface area contributed by atoms with Gasteiger partial charge in [-0.3, -0.25) is 4.79 Å². The fraction of sp³-hybridized carbons (Fsp3) is 0.0769. The third kappa shape index (κ3) is 3.70. The summed E-state index contributed by atoms with van der Waals surface area (Å²) in [6.07, 6.45) is -3.46. The molecule has 0 radical (unpaired) electrons. The van der Waals surface area contributed by atoms with E-state index in [4.69, 9.17) is 5.26 Å². The van der Waals surface area contributed by atoms with Crippen LogP contribution < -0.4 is 4.72 Å². The smallest absolute Gasteiger partial charge is 0.352 e. The normalized spacial score (nSPS) is 11.7. The fourth-order valence-corrected chi connectivity index (χ4v) is 2.63. The van der Waals surface area contributed by atoms with Crippen molar-refractivity contribution in [2.45, 2.75) is 11.1 Å². The van der Waals surface area contributed by atoms with E-state index in [2.05, 4.69) is 4.98 Å². The minimum atomic E-state index is -4.59. The highest BCUT2D eigenvalue weighted by Gasteiger charge is 2.30. The third-order valence-electron chi connectivity index (χ3n) is 2.78. The highest BCUT2D eigenvalue weighted by Crippen LogP contribution is 2.29. The lowest BCUT2D eigenvalue weighted by Crippen LogP contribution is -2.30. The number of aromatic nitrogens is 1. The lowest BCUT2D eigenvalue weighted by Gasteiger charge is -2.09. The molecular weight excluding hydrogens is 335 g/mol. The molecule has 0 atom stereocenters. The molecule has 0 aliphatic carbocycles. The van der Waals surface area contributed by atoms with E-state index >= 15 is 0 Å². The van der Waals surface area contributed by atoms with Crippen LogP contribution in [0.15, 0.2) is 41.4 Å². The predicted octanol–water partition coefficient (Wildman–Crippen LogP) is 2.02. The number of amides is 1. The summed E-state index contributed by atoms with van der Waals surface area (Å²) in [6, 6.07) is 5.56. The molecule has 0 saturated carbocycles. The first kappa shape index (κ1) is 16.6. The molecule has 1 amide bonds. The molecule has 1 aromatic carbocycles. The molecule has 0 unspecified atom stereocenters. The van der Waals surface area contributed by atoms with Crippen LogP contribution in [-0.2, 0) is 16.2 Å². The lowest BCUT2D eigenvalue weighted by molar-refractivity contribution is -0.137. The van der Waals surface area contributed by atoms with Crippen molar-refractivity contribution in [3.63, 3.8) is 0 Å². The molecular formula is C13H8F3N3O3S. The topological polar surface area (TPSA) is 103 Å². The van der Waals surface area contributed by atoms with Crippen LogP contribution in [-0.4, -0.2) is 19.3 Å². The molecule has 0 bridgehead atoms. The fourth-order valence-electron chi connectivity index (χ4n) is 1.65. The van der Waals surface area contributed by atoms with Gasteiger partial charge >= 0.3 is 6.18 Å². The van der Waals surface area contributed by atoms with Gasteiger partial charge in [0.25, 0.3) is 15.9 Å². The van der Waals surface area contributed by atoms with Gasteiger partial charge in [-0.2, -0.15) is 18.4 Å². The Bertz CT molecular complexity index is 878. The number of rotatable bonds is 3. The lowest BCUT2D eigenvalue weighted by atomic mass is 10.2. The van der Waals surface area contributed by atoms with Gasteiger partial charge in [0.1, 0.15) is 11.8 Å². The Morgan fingerprint density at radius 2 is 1.83 bits per heavy atom. The Balaban J connectivity index is 2.22. The Morgan fingerprint density at radius 1 is 1.22 bits per heavy atom. The Morgan fingerprint density at radius 3 is 2.30 bits per heavy atom. The molecule has 2 N–H and O–H groups in total. The second kappa shape index (κ2) is 5.77. The summed E-state index contributed by atoms with van der Waals surface area (Å²) < 4.78 is 62.9. The molecule has 0 saturated heterocycles. The van der Waals surface area contributed by atoms with Gasteiger partial charge in [-0.25, -0.2) is 13.1 Å². The number of aromatic amines is 1. The standard InChI is InChI=1S/C13H8F3N3O3S/c14-13(15,16)9-1-3-11(4-2-9)23(21,22)19-12(20)8-5-10(6-17)18-7-8/h1-5,7,18H,(H,19,20). The molecule has 23 heavy (non-hydrogen) atoms. The quantitative estimate of drug-likeness (QED) is 0.890. The number of hydrogen-bond acceptors (Lipinski definition) is 4. The largest absolute Gasteiger partial charge is 0.416 e. The molecule has 6 nitrogen and oxygen atoms in total. The van der Waals surface area contributed by atoms with Crippen molar-refractivity contribution in [3.8, 4) is 6.07 Å². The molecule has 10 heteroatoms. The van der Waals surface area contributed by atoms with Crippen molar-refractivity contribution in [3.05, 3.63) is 53.3 Å². The van der Waals surface area contributed by atoms with Crippen LogP contribution in [0.5, 0.6) is 0 Å². The number of nitrogens with zero attached hydrogens (tertiary/aromatic N) is 1. The SMILES string of the molecule is N#Cc1cc(C(=O)NS(=O)(=O)c2ccc(C(F)(F)F)cc2)c[nH]1. The van der Waals surface area contributed by atoms with Gasteiger partial charge in [-0.15, -0.1) is 0 Å². The summed E-state index contributed by atoms with van der Waals surface area (Å²) in [5, 5.41) is 8.61. The van der Waals surface area contributed by atoms with Gasteiger partial charge in [0.15, 0.2) is 0 Å². The van der Waals surface area contributed by atoms with Crippen molar-refractivity contribution < 1.29 is 26.4 Å². The van der Waals surface area contributed by atoms with Gasteiger partial charge in [0, 0.05) is 6.20 Å². The zero-order chi connectivity index (χ0) is 17.3. The maximum atomic E-state index is 12.4. The van der Waals surface area contributed by atoms with Crippen molar-refractivity contribution in [2.75, 3.05) is 0 Å². The average Bonchev–Trinajstić information content (AvgIpc) is 2.95. The van der Waals surface area contributed by atoms with E-state index in [-0.39, 0.29) is 11.3 Å². The van der Waals surface area contributed by atoms with Crippen molar-refractivity contribution in [2.24, 2.45) is 0 Å². The first-order valence-corrected chi connectivity index (χ1v) is 7.45. The maximum absolute atomic E-state index is 12.4. The van der Waals surface area contributed by atoms with Gasteiger partial charge in [-0.05, 0) is 30.3 Å². The number of hydrogen-bond donors (Lipinski definition) is 2. The summed E-state index contributed by atoms with van der Waals surface area (Å²) in [5.41, 5.74) is -1.05. The molecule has 120 valence electrons. The van der Waals surface area contributed by atoms with Crippen molar-refractivity contribution >= 4 is 15.9 Å². The molecule has 1 heterocycles. The predicted molar refractivity (Wildman–Crippen MR) is 71.6 cm³/mol. The van der Waals surface area contributed by atoms with Gasteiger partial charge in [0.05, 0.1) is 16.0 Å². The minimum absolute atomic E-state index is 0.0575. The van der Waals surface area contributed by atoms with Crippen LogP contribution in [0.4, 0.5) is 13.2 Å². The van der Waals surface area contributed by atoms with Crippen molar-refractivity contribution in [1.29, 1.82) is 5.26 Å². The average molecular weight is 343 g/mol. The second-order valence-corrected chi connectivity index (χ2v) is 6.05. The first-order chi connectivity index (χ1) is 10.6. The highest BCUT2D eigenvalue weighted by molar-refractivity contribution is 7.90. The van der Waals surface area contributed by atoms with Crippen LogP contribution in [0.1, 0.15) is 21.6 Å². The molecule has 2 aromatic rings. The zero-order valence-corrected chi connectivity index (χ0v) is 12.0. The van der Waals surface area contributed by atoms with Gasteiger partial charge < -0.3 is 4.98 Å². The summed E-state index contributed by atoms with van der Waals surface area (Å²) in [7, 11) is -4.33. The van der Waals surface area contributed by atoms with E-state index in [1.54, 1.807) is 10.8 Å². The van der Waals surface area contributed by atoms with E-state index in [9.17, 15) is 26.4 Å². The molecule has 0 spiro atoms. The zero-order valence-electron chi connectivity index (χ0n) is 11.2. The van der Waals surface area contributed by atoms with Crippen molar-refractivity contribution in [1.82, 2.24) is 9.71 Å². The number of nitriles is 1. The van der Waals surface area contributed by atoms with Crippen LogP contribution in [0.2, 0.25) is 0 Å². The van der Waals surface area contributed by atoms with E-state index in [1.807, 2.05) is 0 Å². The Labute approximate surface area is 128 Å². The van der Waals surface area contributed by atoms with Crippen LogP contribution in [0.3, 0.4) is 0 Å². The van der Waals surface area contributed by atoms with E-state index in [0.717, 1.165) is 24.4 Å². The van der Waals surface area contributed by atoms with E-state index < -0.39 is 32.6 Å². The van der Waals surface area contributed by atoms with E-state index in [1.165, 1.54) is 0 Å². The van der Waals surface area contributed by atoms with Crippen LogP contribution in [0, 0.1) is 11.3 Å². The number of carbonyl (C=O) groups excluding carboxylic acids is 1. The third-order valence-corrected chi connectivity index (χ3v) is 4.13. The summed E-state index contributed by atoms with van der Waals surface area (Å²) in [6.45, 7) is 0. The number of sulfonamides is 1. The van der Waals surface area contributed by atoms with Gasteiger partial charge in [0.2, 0.25) is 0 Å². The number of H-pyrrole nitrogens is 1. The van der Waals surface area contributed by atoms with E-state index in [0.29, 0.717) is 12.1 Å². The summed E-state index contributed by atoms with van der Waals surface area (Å²) in [5.74, 6) is -1.01. The van der Waals surface area contributed by atoms with Crippen LogP contribution >= 0.6 is 0 Å². The number of carbonyl (C=O) groups is 1. The maximum Gasteiger partial charge on any atom is 0.416 e. The highest BCUT2D eigenvalue weighted by atomic mass is 32.2.